The van der Waals surface area contributed by atoms with Crippen LogP contribution < -0.4 is 11.1 Å². The number of nitrogens with one attached hydrogen (secondary N) is 1. The molecule has 1 aromatic heterocycles. The van der Waals surface area contributed by atoms with Crippen LogP contribution in [0.3, 0.4) is 0 Å². The minimum absolute atomic E-state index is 0.0952. The molecule has 2 rings (SSSR count). The Morgan fingerprint density at radius 3 is 2.71 bits per heavy atom. The molecule has 0 bridgehead atoms. The zero-order chi connectivity index (χ0) is 15.5. The third-order valence-electron chi connectivity index (χ3n) is 2.85. The molecule has 5 nitrogen and oxygen atoms in total. The molecule has 1 amide bonds. The molecule has 1 N–H and O–H groups in total. The number of halogens is 3. The molecule has 0 aliphatic carbocycles. The van der Waals surface area contributed by atoms with Crippen LogP contribution in [0.15, 0.2) is 33.5 Å². The molecule has 0 atom stereocenters. The van der Waals surface area contributed by atoms with Crippen LogP contribution in [-0.2, 0) is 11.3 Å². The van der Waals surface area contributed by atoms with Gasteiger partial charge in [0.25, 0.3) is 0 Å². The number of hydrogen-bond donors (Lipinski definition) is 1. The van der Waals surface area contributed by atoms with Crippen LogP contribution >= 0.6 is 0 Å². The van der Waals surface area contributed by atoms with Crippen LogP contribution in [0.25, 0.3) is 11.1 Å². The van der Waals surface area contributed by atoms with E-state index in [0.29, 0.717) is 11.1 Å². The van der Waals surface area contributed by atoms with Crippen LogP contribution in [-0.4, -0.2) is 23.2 Å². The lowest BCUT2D eigenvalue weighted by molar-refractivity contribution is -0.138. The second-order valence-electron chi connectivity index (χ2n) is 4.48. The van der Waals surface area contributed by atoms with E-state index in [4.69, 9.17) is 4.42 Å². The van der Waals surface area contributed by atoms with E-state index in [1.165, 1.54) is 4.57 Å². The Bertz CT molecular complexity index is 688. The molecule has 21 heavy (non-hydrogen) atoms. The minimum atomic E-state index is -4.42. The van der Waals surface area contributed by atoms with Crippen LogP contribution in [0.4, 0.5) is 13.2 Å². The van der Waals surface area contributed by atoms with Gasteiger partial charge in [0.15, 0.2) is 5.58 Å². The maximum absolute atomic E-state index is 11.9. The highest BCUT2D eigenvalue weighted by atomic mass is 19.4. The van der Waals surface area contributed by atoms with Crippen molar-refractivity contribution >= 4 is 17.0 Å². The van der Waals surface area contributed by atoms with Crippen molar-refractivity contribution in [2.24, 2.45) is 0 Å². The number of benzene rings is 1. The molecule has 0 radical (unpaired) electrons. The normalized spacial score (nSPS) is 11.8. The van der Waals surface area contributed by atoms with Crippen molar-refractivity contribution < 1.29 is 22.4 Å². The maximum Gasteiger partial charge on any atom is 0.419 e. The van der Waals surface area contributed by atoms with Gasteiger partial charge < -0.3 is 9.73 Å². The van der Waals surface area contributed by atoms with Gasteiger partial charge in [0.1, 0.15) is 6.54 Å². The van der Waals surface area contributed by atoms with E-state index in [-0.39, 0.29) is 19.4 Å². The Morgan fingerprint density at radius 1 is 1.29 bits per heavy atom. The van der Waals surface area contributed by atoms with E-state index in [0.717, 1.165) is 0 Å². The summed E-state index contributed by atoms with van der Waals surface area (Å²) in [6.07, 6.45) is -4.28. The van der Waals surface area contributed by atoms with Gasteiger partial charge in [-0.15, -0.1) is 0 Å². The molecule has 1 aromatic carbocycles. The summed E-state index contributed by atoms with van der Waals surface area (Å²) >= 11 is 0. The number of nitrogens with zero attached hydrogens (tertiary/aromatic N) is 1. The fraction of sp³-hybridized carbons (Fsp3) is 0.385. The predicted octanol–water partition coefficient (Wildman–Crippen LogP) is 2.05. The number of oxazole rings is 1. The molecule has 0 fully saturated rings. The summed E-state index contributed by atoms with van der Waals surface area (Å²) in [5.74, 6) is -1.25. The smallest absolute Gasteiger partial charge is 0.408 e. The van der Waals surface area contributed by atoms with Gasteiger partial charge in [-0.05, 0) is 18.6 Å². The molecule has 1 heterocycles. The van der Waals surface area contributed by atoms with E-state index < -0.39 is 24.4 Å². The predicted molar refractivity (Wildman–Crippen MR) is 68.8 cm³/mol. The Labute approximate surface area is 117 Å². The number of hydrogen-bond acceptors (Lipinski definition) is 3. The van der Waals surface area contributed by atoms with Gasteiger partial charge in [0, 0.05) is 13.0 Å². The summed E-state index contributed by atoms with van der Waals surface area (Å²) in [6, 6.07) is 6.80. The first-order chi connectivity index (χ1) is 9.87. The first-order valence-corrected chi connectivity index (χ1v) is 6.28. The third-order valence-corrected chi connectivity index (χ3v) is 2.85. The van der Waals surface area contributed by atoms with E-state index in [2.05, 4.69) is 0 Å². The lowest BCUT2D eigenvalue weighted by atomic mass is 10.2. The van der Waals surface area contributed by atoms with E-state index in [1.807, 2.05) is 0 Å². The van der Waals surface area contributed by atoms with Crippen molar-refractivity contribution in [3.8, 4) is 0 Å². The van der Waals surface area contributed by atoms with Crippen molar-refractivity contribution in [3.05, 3.63) is 34.8 Å². The van der Waals surface area contributed by atoms with Crippen molar-refractivity contribution in [2.45, 2.75) is 25.6 Å². The highest BCUT2D eigenvalue weighted by Gasteiger charge is 2.27. The second kappa shape index (κ2) is 6.02. The van der Waals surface area contributed by atoms with Crippen LogP contribution in [0.5, 0.6) is 0 Å². The van der Waals surface area contributed by atoms with Gasteiger partial charge in [-0.1, -0.05) is 12.1 Å². The number of alkyl halides is 3. The molecule has 0 unspecified atom stereocenters. The maximum atomic E-state index is 11.9. The lowest BCUT2D eigenvalue weighted by Gasteiger charge is -2.08. The number of aromatic nitrogens is 1. The van der Waals surface area contributed by atoms with Crippen LogP contribution in [0.2, 0.25) is 0 Å². The molecular formula is C13H13F3N2O3. The molecule has 0 saturated carbocycles. The quantitative estimate of drug-likeness (QED) is 0.919. The molecular weight excluding hydrogens is 289 g/mol. The minimum Gasteiger partial charge on any atom is -0.408 e. The third kappa shape index (κ3) is 4.11. The van der Waals surface area contributed by atoms with Gasteiger partial charge in [0.05, 0.1) is 5.52 Å². The summed E-state index contributed by atoms with van der Waals surface area (Å²) in [5, 5.41) is 1.78. The number of rotatable bonds is 5. The Hall–Kier alpha value is -2.25. The van der Waals surface area contributed by atoms with E-state index in [1.54, 1.807) is 29.6 Å². The standard InChI is InChI=1S/C13H13F3N2O3/c14-13(15,16)8-17-11(19)6-3-7-18-9-4-1-2-5-10(9)21-12(18)20/h1-2,4-5H,3,6-8H2,(H,17,19). The van der Waals surface area contributed by atoms with Gasteiger partial charge in [0.2, 0.25) is 5.91 Å². The highest BCUT2D eigenvalue weighted by molar-refractivity contribution is 5.76. The number of para-hydroxylation sites is 2. The summed E-state index contributed by atoms with van der Waals surface area (Å²) in [5.41, 5.74) is 1.03. The Kier molecular flexibility index (Phi) is 4.35. The topological polar surface area (TPSA) is 64.2 Å². The molecule has 114 valence electrons. The average molecular weight is 302 g/mol. The van der Waals surface area contributed by atoms with E-state index >= 15 is 0 Å². The Morgan fingerprint density at radius 2 is 2.00 bits per heavy atom. The number of carbonyl (C=O) groups excluding carboxylic acids is 1. The fourth-order valence-electron chi connectivity index (χ4n) is 1.91. The number of aryl methyl sites for hydroxylation is 1. The lowest BCUT2D eigenvalue weighted by Crippen LogP contribution is -2.33. The van der Waals surface area contributed by atoms with Gasteiger partial charge in [-0.25, -0.2) is 4.79 Å². The van der Waals surface area contributed by atoms with E-state index in [9.17, 15) is 22.8 Å². The molecule has 2 aromatic rings. The van der Waals surface area contributed by atoms with Crippen LogP contribution in [0, 0.1) is 0 Å². The van der Waals surface area contributed by atoms with Gasteiger partial charge in [-0.3, -0.25) is 9.36 Å². The summed E-state index contributed by atoms with van der Waals surface area (Å²) in [7, 11) is 0. The second-order valence-corrected chi connectivity index (χ2v) is 4.48. The summed E-state index contributed by atoms with van der Waals surface area (Å²) in [4.78, 5) is 22.9. The van der Waals surface area contributed by atoms with Crippen LogP contribution in [0.1, 0.15) is 12.8 Å². The number of carbonyl (C=O) groups is 1. The van der Waals surface area contributed by atoms with Crippen molar-refractivity contribution in [3.63, 3.8) is 0 Å². The first-order valence-electron chi connectivity index (χ1n) is 6.28. The van der Waals surface area contributed by atoms with Gasteiger partial charge in [-0.2, -0.15) is 13.2 Å². The Balaban J connectivity index is 1.89. The molecule has 8 heteroatoms. The number of fused-ring (bicyclic) bond motifs is 1. The molecule has 0 aliphatic heterocycles. The zero-order valence-corrected chi connectivity index (χ0v) is 10.9. The zero-order valence-electron chi connectivity index (χ0n) is 10.9. The largest absolute Gasteiger partial charge is 0.419 e. The monoisotopic (exact) mass is 302 g/mol. The first kappa shape index (κ1) is 15.1. The fourth-order valence-corrected chi connectivity index (χ4v) is 1.91. The number of amides is 1. The summed E-state index contributed by atoms with van der Waals surface area (Å²) < 4.78 is 42.1. The highest BCUT2D eigenvalue weighted by Crippen LogP contribution is 2.13. The summed E-state index contributed by atoms with van der Waals surface area (Å²) in [6.45, 7) is -1.14. The molecule has 0 spiro atoms. The van der Waals surface area contributed by atoms with Gasteiger partial charge >= 0.3 is 11.9 Å². The SMILES string of the molecule is O=C(CCCn1c(=O)oc2ccccc21)NCC(F)(F)F. The van der Waals surface area contributed by atoms with Crippen molar-refractivity contribution in [1.82, 2.24) is 9.88 Å². The molecule has 0 saturated heterocycles. The average Bonchev–Trinajstić information content (AvgIpc) is 2.72. The van der Waals surface area contributed by atoms with Crippen molar-refractivity contribution in [2.75, 3.05) is 6.54 Å². The molecule has 0 aliphatic rings. The van der Waals surface area contributed by atoms with Crippen molar-refractivity contribution in [1.29, 1.82) is 0 Å².